The minimum Gasteiger partial charge on any atom is -0.374 e. The molecule has 1 nitrogen and oxygen atoms in total. The molecule has 0 aliphatic heterocycles. The van der Waals surface area contributed by atoms with Crippen molar-refractivity contribution in [1.29, 1.82) is 0 Å². The summed E-state index contributed by atoms with van der Waals surface area (Å²) in [6.07, 6.45) is 4.18. The van der Waals surface area contributed by atoms with E-state index in [-0.39, 0.29) is 0 Å². The van der Waals surface area contributed by atoms with Crippen LogP contribution < -0.4 is 0 Å². The Labute approximate surface area is 124 Å². The number of rotatable bonds is 3. The molecule has 1 aromatic carbocycles. The van der Waals surface area contributed by atoms with Gasteiger partial charge in [-0.05, 0) is 70.9 Å². The lowest BCUT2D eigenvalue weighted by molar-refractivity contribution is -0.0316. The van der Waals surface area contributed by atoms with Crippen LogP contribution in [0.15, 0.2) is 24.3 Å². The Kier molecular flexibility index (Phi) is 4.70. The standard InChI is InChI=1S/C16H23IO/c1-12-8-15(10-16(2,3)9-12)18-11-13-4-6-14(17)7-5-13/h4-7,12,15H,8-11H2,1-3H3. The highest BCUT2D eigenvalue weighted by molar-refractivity contribution is 14.1. The molecular weight excluding hydrogens is 335 g/mol. The third-order valence-electron chi connectivity index (χ3n) is 3.75. The molecule has 0 heterocycles. The predicted octanol–water partition coefficient (Wildman–Crippen LogP) is 5.02. The zero-order valence-corrected chi connectivity index (χ0v) is 13.7. The van der Waals surface area contributed by atoms with E-state index in [1.807, 2.05) is 0 Å². The quantitative estimate of drug-likeness (QED) is 0.690. The van der Waals surface area contributed by atoms with Crippen molar-refractivity contribution in [1.82, 2.24) is 0 Å². The van der Waals surface area contributed by atoms with E-state index in [0.717, 1.165) is 12.5 Å². The van der Waals surface area contributed by atoms with Gasteiger partial charge in [0.2, 0.25) is 0 Å². The Hall–Kier alpha value is -0.0900. The first-order chi connectivity index (χ1) is 8.44. The van der Waals surface area contributed by atoms with Crippen LogP contribution in [0.2, 0.25) is 0 Å². The second-order valence-corrected chi connectivity index (χ2v) is 7.72. The Morgan fingerprint density at radius 1 is 1.22 bits per heavy atom. The Balaban J connectivity index is 1.88. The molecule has 0 radical (unpaired) electrons. The SMILES string of the molecule is CC1CC(OCc2ccc(I)cc2)CC(C)(C)C1. The molecule has 1 fully saturated rings. The van der Waals surface area contributed by atoms with Crippen LogP contribution in [0.25, 0.3) is 0 Å². The summed E-state index contributed by atoms with van der Waals surface area (Å²) >= 11 is 2.33. The topological polar surface area (TPSA) is 9.23 Å². The monoisotopic (exact) mass is 358 g/mol. The zero-order valence-electron chi connectivity index (χ0n) is 11.6. The number of hydrogen-bond donors (Lipinski definition) is 0. The second-order valence-electron chi connectivity index (χ2n) is 6.47. The van der Waals surface area contributed by atoms with Crippen molar-refractivity contribution in [2.24, 2.45) is 11.3 Å². The normalized spacial score (nSPS) is 27.1. The lowest BCUT2D eigenvalue weighted by Crippen LogP contribution is -2.32. The summed E-state index contributed by atoms with van der Waals surface area (Å²) in [5.74, 6) is 0.787. The second kappa shape index (κ2) is 5.91. The van der Waals surface area contributed by atoms with Crippen LogP contribution in [0.3, 0.4) is 0 Å². The molecule has 1 aliphatic rings. The summed E-state index contributed by atoms with van der Waals surface area (Å²) in [5.41, 5.74) is 1.72. The van der Waals surface area contributed by atoms with Crippen molar-refractivity contribution in [2.45, 2.75) is 52.7 Å². The Bertz CT molecular complexity index is 383. The molecule has 100 valence electrons. The van der Waals surface area contributed by atoms with Crippen LogP contribution in [-0.4, -0.2) is 6.10 Å². The van der Waals surface area contributed by atoms with Gasteiger partial charge in [0.15, 0.2) is 0 Å². The fourth-order valence-corrected chi connectivity index (χ4v) is 3.54. The first-order valence-electron chi connectivity index (χ1n) is 6.81. The number of halogens is 1. The highest BCUT2D eigenvalue weighted by Crippen LogP contribution is 2.39. The summed E-state index contributed by atoms with van der Waals surface area (Å²) < 4.78 is 7.39. The van der Waals surface area contributed by atoms with Gasteiger partial charge in [-0.3, -0.25) is 0 Å². The minimum atomic E-state index is 0.433. The van der Waals surface area contributed by atoms with Gasteiger partial charge in [-0.2, -0.15) is 0 Å². The largest absolute Gasteiger partial charge is 0.374 e. The maximum Gasteiger partial charge on any atom is 0.0720 e. The molecule has 0 aromatic heterocycles. The minimum absolute atomic E-state index is 0.433. The molecule has 0 N–H and O–H groups in total. The molecule has 2 rings (SSSR count). The van der Waals surface area contributed by atoms with Crippen LogP contribution in [0.5, 0.6) is 0 Å². The molecule has 1 aliphatic carbocycles. The fraction of sp³-hybridized carbons (Fsp3) is 0.625. The van der Waals surface area contributed by atoms with Crippen LogP contribution >= 0.6 is 22.6 Å². The highest BCUT2D eigenvalue weighted by atomic mass is 127. The van der Waals surface area contributed by atoms with E-state index < -0.39 is 0 Å². The molecule has 2 unspecified atom stereocenters. The molecule has 2 atom stereocenters. The summed E-state index contributed by atoms with van der Waals surface area (Å²) in [6, 6.07) is 8.62. The predicted molar refractivity (Wildman–Crippen MR) is 84.5 cm³/mol. The Morgan fingerprint density at radius 3 is 2.50 bits per heavy atom. The third-order valence-corrected chi connectivity index (χ3v) is 4.46. The maximum atomic E-state index is 6.11. The van der Waals surface area contributed by atoms with Gasteiger partial charge in [0.1, 0.15) is 0 Å². The molecule has 0 bridgehead atoms. The van der Waals surface area contributed by atoms with E-state index in [1.165, 1.54) is 28.4 Å². The highest BCUT2D eigenvalue weighted by Gasteiger charge is 2.32. The molecule has 1 saturated carbocycles. The van der Waals surface area contributed by atoms with Gasteiger partial charge < -0.3 is 4.74 Å². The maximum absolute atomic E-state index is 6.11. The molecule has 0 spiro atoms. The number of ether oxygens (including phenoxy) is 1. The zero-order chi connectivity index (χ0) is 13.2. The molecular formula is C16H23IO. The van der Waals surface area contributed by atoms with Crippen molar-refractivity contribution in [3.8, 4) is 0 Å². The van der Waals surface area contributed by atoms with Gasteiger partial charge in [-0.25, -0.2) is 0 Å². The molecule has 2 heteroatoms. The van der Waals surface area contributed by atoms with Gasteiger partial charge in [0.25, 0.3) is 0 Å². The van der Waals surface area contributed by atoms with Gasteiger partial charge in [0.05, 0.1) is 12.7 Å². The van der Waals surface area contributed by atoms with Gasteiger partial charge in [-0.15, -0.1) is 0 Å². The lowest BCUT2D eigenvalue weighted by Gasteiger charge is -2.38. The number of benzene rings is 1. The van der Waals surface area contributed by atoms with Crippen LogP contribution in [0.4, 0.5) is 0 Å². The lowest BCUT2D eigenvalue weighted by atomic mass is 9.71. The van der Waals surface area contributed by atoms with Gasteiger partial charge >= 0.3 is 0 Å². The van der Waals surface area contributed by atoms with Crippen molar-refractivity contribution in [3.63, 3.8) is 0 Å². The summed E-state index contributed by atoms with van der Waals surface area (Å²) in [7, 11) is 0. The van der Waals surface area contributed by atoms with Crippen molar-refractivity contribution in [3.05, 3.63) is 33.4 Å². The summed E-state index contributed by atoms with van der Waals surface area (Å²) in [5, 5.41) is 0. The Morgan fingerprint density at radius 2 is 1.89 bits per heavy atom. The van der Waals surface area contributed by atoms with Gasteiger partial charge in [0, 0.05) is 3.57 Å². The first kappa shape index (κ1) is 14.3. The smallest absolute Gasteiger partial charge is 0.0720 e. The average Bonchev–Trinajstić information content (AvgIpc) is 2.25. The van der Waals surface area contributed by atoms with E-state index in [0.29, 0.717) is 11.5 Å². The molecule has 18 heavy (non-hydrogen) atoms. The van der Waals surface area contributed by atoms with Crippen molar-refractivity contribution in [2.75, 3.05) is 0 Å². The first-order valence-corrected chi connectivity index (χ1v) is 7.88. The summed E-state index contributed by atoms with van der Waals surface area (Å²) in [6.45, 7) is 7.83. The van der Waals surface area contributed by atoms with Crippen molar-refractivity contribution >= 4 is 22.6 Å². The molecule has 1 aromatic rings. The average molecular weight is 358 g/mol. The van der Waals surface area contributed by atoms with Crippen molar-refractivity contribution < 1.29 is 4.74 Å². The van der Waals surface area contributed by atoms with E-state index in [1.54, 1.807) is 0 Å². The van der Waals surface area contributed by atoms with Crippen LogP contribution in [-0.2, 0) is 11.3 Å². The van der Waals surface area contributed by atoms with E-state index in [9.17, 15) is 0 Å². The van der Waals surface area contributed by atoms with E-state index in [4.69, 9.17) is 4.74 Å². The van der Waals surface area contributed by atoms with Crippen LogP contribution in [0.1, 0.15) is 45.6 Å². The van der Waals surface area contributed by atoms with Crippen LogP contribution in [0, 0.1) is 14.9 Å². The van der Waals surface area contributed by atoms with E-state index >= 15 is 0 Å². The summed E-state index contributed by atoms with van der Waals surface area (Å²) in [4.78, 5) is 0. The van der Waals surface area contributed by atoms with E-state index in [2.05, 4.69) is 67.6 Å². The van der Waals surface area contributed by atoms with Gasteiger partial charge in [-0.1, -0.05) is 32.9 Å². The molecule has 0 amide bonds. The molecule has 0 saturated heterocycles. The third kappa shape index (κ3) is 4.23. The fourth-order valence-electron chi connectivity index (χ4n) is 3.18. The number of hydrogen-bond acceptors (Lipinski definition) is 1.